The van der Waals surface area contributed by atoms with Gasteiger partial charge in [0.2, 0.25) is 0 Å². The predicted octanol–water partition coefficient (Wildman–Crippen LogP) is 3.80. The van der Waals surface area contributed by atoms with Crippen molar-refractivity contribution in [1.29, 1.82) is 0 Å². The Kier molecular flexibility index (Phi) is 3.83. The van der Waals surface area contributed by atoms with Crippen molar-refractivity contribution in [3.05, 3.63) is 47.1 Å². The van der Waals surface area contributed by atoms with Crippen LogP contribution in [0.25, 0.3) is 0 Å². The Morgan fingerprint density at radius 2 is 2.23 bits per heavy atom. The third-order valence-corrected chi connectivity index (χ3v) is 3.91. The molecule has 0 bridgehead atoms. The smallest absolute Gasteiger partial charge is 0.322 e. The van der Waals surface area contributed by atoms with Gasteiger partial charge in [0.25, 0.3) is 0 Å². The van der Waals surface area contributed by atoms with Gasteiger partial charge in [-0.15, -0.1) is 0 Å². The predicted molar refractivity (Wildman–Crippen MR) is 80.1 cm³/mol. The number of nitrogens with zero attached hydrogens (tertiary/aromatic N) is 2. The summed E-state index contributed by atoms with van der Waals surface area (Å²) in [6.45, 7) is 4.18. The average Bonchev–Trinajstić information content (AvgIpc) is 3.11. The molecule has 2 aromatic rings. The number of likely N-dealkylation sites (tertiary alicyclic amines) is 1. The van der Waals surface area contributed by atoms with Crippen LogP contribution >= 0.6 is 0 Å². The van der Waals surface area contributed by atoms with Crippen molar-refractivity contribution in [3.63, 3.8) is 0 Å². The van der Waals surface area contributed by atoms with Gasteiger partial charge in [-0.3, -0.25) is 0 Å². The second-order valence-electron chi connectivity index (χ2n) is 5.62. The quantitative estimate of drug-likeness (QED) is 0.918. The van der Waals surface area contributed by atoms with E-state index < -0.39 is 0 Å². The van der Waals surface area contributed by atoms with Gasteiger partial charge in [0.15, 0.2) is 5.76 Å². The lowest BCUT2D eigenvalue weighted by atomic mass is 10.1. The zero-order valence-corrected chi connectivity index (χ0v) is 12.6. The largest absolute Gasteiger partial charge is 0.359 e. The van der Waals surface area contributed by atoms with Crippen LogP contribution in [0.2, 0.25) is 0 Å². The lowest BCUT2D eigenvalue weighted by Crippen LogP contribution is -2.34. The van der Waals surface area contributed by atoms with Gasteiger partial charge in [0.1, 0.15) is 5.82 Å². The molecule has 1 fully saturated rings. The highest BCUT2D eigenvalue weighted by Crippen LogP contribution is 2.32. The lowest BCUT2D eigenvalue weighted by molar-refractivity contribution is 0.195. The first-order valence-corrected chi connectivity index (χ1v) is 7.31. The summed E-state index contributed by atoms with van der Waals surface area (Å²) in [5, 5.41) is 6.62. The van der Waals surface area contributed by atoms with Gasteiger partial charge in [-0.2, -0.15) is 0 Å². The Hall–Kier alpha value is -2.37. The number of aromatic nitrogens is 1. The fraction of sp³-hybridized carbons (Fsp3) is 0.375. The molecular weight excluding hydrogens is 285 g/mol. The number of halogens is 1. The van der Waals surface area contributed by atoms with E-state index in [1.165, 1.54) is 6.07 Å². The second kappa shape index (κ2) is 5.79. The van der Waals surface area contributed by atoms with Crippen LogP contribution in [0.5, 0.6) is 0 Å². The monoisotopic (exact) mass is 303 g/mol. The number of hydrogen-bond donors (Lipinski definition) is 1. The number of urea groups is 1. The van der Waals surface area contributed by atoms with Crippen LogP contribution in [0.4, 0.5) is 14.9 Å². The van der Waals surface area contributed by atoms with Crippen LogP contribution in [0.1, 0.15) is 35.9 Å². The van der Waals surface area contributed by atoms with E-state index in [1.54, 1.807) is 24.0 Å². The van der Waals surface area contributed by atoms with E-state index in [1.807, 2.05) is 13.0 Å². The highest BCUT2D eigenvalue weighted by molar-refractivity contribution is 5.89. The number of rotatable bonds is 2. The van der Waals surface area contributed by atoms with Crippen molar-refractivity contribution < 1.29 is 13.7 Å². The van der Waals surface area contributed by atoms with Crippen LogP contribution in [0, 0.1) is 19.7 Å². The first-order valence-electron chi connectivity index (χ1n) is 7.31. The molecular formula is C16H18FN3O2. The van der Waals surface area contributed by atoms with Crippen molar-refractivity contribution in [2.24, 2.45) is 0 Å². The maximum absolute atomic E-state index is 13.6. The second-order valence-corrected chi connectivity index (χ2v) is 5.62. The molecule has 1 aliphatic rings. The highest BCUT2D eigenvalue weighted by Gasteiger charge is 2.32. The number of carbonyl (C=O) groups excluding carboxylic acids is 1. The standard InChI is InChI=1S/C16H18FN3O2/c1-10-5-6-12(9-13(10)17)18-16(21)20-7-3-4-14(20)15-8-11(2)19-22-15/h5-6,8-9,14H,3-4,7H2,1-2H3,(H,18,21). The molecule has 2 amide bonds. The molecule has 1 saturated heterocycles. The molecule has 22 heavy (non-hydrogen) atoms. The normalized spacial score (nSPS) is 17.8. The minimum Gasteiger partial charge on any atom is -0.359 e. The summed E-state index contributed by atoms with van der Waals surface area (Å²) in [5.41, 5.74) is 1.80. The van der Waals surface area contributed by atoms with E-state index in [2.05, 4.69) is 10.5 Å². The van der Waals surface area contributed by atoms with E-state index in [0.29, 0.717) is 23.6 Å². The highest BCUT2D eigenvalue weighted by atomic mass is 19.1. The summed E-state index contributed by atoms with van der Waals surface area (Å²) in [4.78, 5) is 14.1. The maximum Gasteiger partial charge on any atom is 0.322 e. The van der Waals surface area contributed by atoms with E-state index >= 15 is 0 Å². The fourth-order valence-corrected chi connectivity index (χ4v) is 2.71. The first kappa shape index (κ1) is 14.6. The van der Waals surface area contributed by atoms with Crippen LogP contribution < -0.4 is 5.32 Å². The molecule has 0 saturated carbocycles. The number of hydrogen-bond acceptors (Lipinski definition) is 3. The third-order valence-electron chi connectivity index (χ3n) is 3.91. The molecule has 5 nitrogen and oxygen atoms in total. The van der Waals surface area contributed by atoms with E-state index in [-0.39, 0.29) is 17.9 Å². The zero-order valence-electron chi connectivity index (χ0n) is 12.6. The molecule has 1 aromatic carbocycles. The Balaban J connectivity index is 1.74. The SMILES string of the molecule is Cc1cc(C2CCCN2C(=O)Nc2ccc(C)c(F)c2)on1. The summed E-state index contributed by atoms with van der Waals surface area (Å²) in [5.74, 6) is 0.363. The molecule has 1 N–H and O–H groups in total. The number of amides is 2. The van der Waals surface area contributed by atoms with Gasteiger partial charge < -0.3 is 14.7 Å². The molecule has 1 atom stereocenters. The van der Waals surface area contributed by atoms with Crippen molar-refractivity contribution in [2.45, 2.75) is 32.7 Å². The topological polar surface area (TPSA) is 58.4 Å². The van der Waals surface area contributed by atoms with Crippen molar-refractivity contribution >= 4 is 11.7 Å². The molecule has 3 rings (SSSR count). The van der Waals surface area contributed by atoms with E-state index in [4.69, 9.17) is 4.52 Å². The summed E-state index contributed by atoms with van der Waals surface area (Å²) < 4.78 is 18.8. The Labute approximate surface area is 128 Å². The number of benzene rings is 1. The first-order chi connectivity index (χ1) is 10.5. The van der Waals surface area contributed by atoms with Gasteiger partial charge in [0.05, 0.1) is 11.7 Å². The molecule has 6 heteroatoms. The van der Waals surface area contributed by atoms with Gasteiger partial charge >= 0.3 is 6.03 Å². The van der Waals surface area contributed by atoms with Crippen LogP contribution in [-0.4, -0.2) is 22.6 Å². The molecule has 1 aliphatic heterocycles. The Morgan fingerprint density at radius 3 is 2.91 bits per heavy atom. The van der Waals surface area contributed by atoms with Crippen LogP contribution in [0.3, 0.4) is 0 Å². The average molecular weight is 303 g/mol. The minimum atomic E-state index is -0.332. The molecule has 1 unspecified atom stereocenters. The zero-order chi connectivity index (χ0) is 15.7. The third kappa shape index (κ3) is 2.81. The summed E-state index contributed by atoms with van der Waals surface area (Å²) in [6, 6.07) is 6.15. The van der Waals surface area contributed by atoms with Gasteiger partial charge in [-0.05, 0) is 44.4 Å². The molecule has 1 aromatic heterocycles. The number of aryl methyl sites for hydroxylation is 2. The van der Waals surface area contributed by atoms with Crippen molar-refractivity contribution in [2.75, 3.05) is 11.9 Å². The van der Waals surface area contributed by atoms with Crippen molar-refractivity contribution in [1.82, 2.24) is 10.1 Å². The molecule has 0 aliphatic carbocycles. The number of anilines is 1. The van der Waals surface area contributed by atoms with Crippen molar-refractivity contribution in [3.8, 4) is 0 Å². The van der Waals surface area contributed by atoms with Gasteiger partial charge in [-0.1, -0.05) is 11.2 Å². The number of nitrogens with one attached hydrogen (secondary N) is 1. The van der Waals surface area contributed by atoms with Crippen LogP contribution in [0.15, 0.2) is 28.8 Å². The van der Waals surface area contributed by atoms with Gasteiger partial charge in [-0.25, -0.2) is 9.18 Å². The van der Waals surface area contributed by atoms with E-state index in [0.717, 1.165) is 18.5 Å². The summed E-state index contributed by atoms with van der Waals surface area (Å²) in [6.07, 6.45) is 1.74. The molecule has 0 radical (unpaired) electrons. The summed E-state index contributed by atoms with van der Waals surface area (Å²) in [7, 11) is 0. The maximum atomic E-state index is 13.6. The van der Waals surface area contributed by atoms with E-state index in [9.17, 15) is 9.18 Å². The lowest BCUT2D eigenvalue weighted by Gasteiger charge is -2.23. The number of carbonyl (C=O) groups is 1. The Morgan fingerprint density at radius 1 is 1.41 bits per heavy atom. The summed E-state index contributed by atoms with van der Waals surface area (Å²) >= 11 is 0. The van der Waals surface area contributed by atoms with Gasteiger partial charge in [0, 0.05) is 18.3 Å². The molecule has 0 spiro atoms. The molecule has 2 heterocycles. The Bertz CT molecular complexity index is 698. The minimum absolute atomic E-state index is 0.114. The molecule has 116 valence electrons. The fourth-order valence-electron chi connectivity index (χ4n) is 2.71. The van der Waals surface area contributed by atoms with Crippen LogP contribution in [-0.2, 0) is 0 Å².